The second kappa shape index (κ2) is 57.9. The summed E-state index contributed by atoms with van der Waals surface area (Å²) in [5, 5.41) is 10.6. The van der Waals surface area contributed by atoms with Crippen LogP contribution in [0.5, 0.6) is 0 Å². The first-order valence-electron chi connectivity index (χ1n) is 35.3. The Bertz CT molecular complexity index is 1730. The highest BCUT2D eigenvalue weighted by atomic mass is 31.2. The number of ether oxygens (including phenoxy) is 4. The smallest absolute Gasteiger partial charge is 0.462 e. The number of phosphoric ester groups is 2. The molecule has 0 aliphatic carbocycles. The summed E-state index contributed by atoms with van der Waals surface area (Å²) in [5.41, 5.74) is 0. The zero-order chi connectivity index (χ0) is 64.7. The van der Waals surface area contributed by atoms with Gasteiger partial charge in [0.15, 0.2) is 12.2 Å². The summed E-state index contributed by atoms with van der Waals surface area (Å²) in [6, 6.07) is 0. The number of rotatable bonds is 65. The Kier molecular flexibility index (Phi) is 56.6. The summed E-state index contributed by atoms with van der Waals surface area (Å²) in [5.74, 6) is 0.857. The van der Waals surface area contributed by atoms with Crippen molar-refractivity contribution in [3.63, 3.8) is 0 Å². The standard InChI is InChI=1S/C68H132O17P2/c1-9-60(7)46-38-30-22-16-12-14-18-24-35-43-51-68(73)84-63(54-78-65(70)48-40-32-25-19-21-29-37-45-59(5)6)56-82-86(74,75)80-52-62(69)53-81-87(76,77)83-57-64(55-79-66(71)49-41-33-27-26-31-39-47-61(8)10-2)85-67(72)50-42-34-23-17-13-11-15-20-28-36-44-58(3)4/h58-64,69H,9-57H2,1-8H3,(H,74,75)(H,76,77)/t60?,61?,62?,63-,64-/m1/s1. The number of aliphatic hydroxyl groups excluding tert-OH is 1. The molecule has 7 atom stereocenters. The number of esters is 4. The zero-order valence-electron chi connectivity index (χ0n) is 56.6. The lowest BCUT2D eigenvalue weighted by molar-refractivity contribution is -0.161. The topological polar surface area (TPSA) is 237 Å². The highest BCUT2D eigenvalue weighted by Crippen LogP contribution is 2.45. The van der Waals surface area contributed by atoms with E-state index in [1.165, 1.54) is 122 Å². The van der Waals surface area contributed by atoms with E-state index < -0.39 is 97.5 Å². The number of aliphatic hydroxyl groups is 1. The average Bonchev–Trinajstić information content (AvgIpc) is 3.69. The van der Waals surface area contributed by atoms with Crippen LogP contribution < -0.4 is 0 Å². The molecular formula is C68H132O17P2. The average molecular weight is 1280 g/mol. The maximum Gasteiger partial charge on any atom is 0.472 e. The normalized spacial score (nSPS) is 15.0. The SMILES string of the molecule is CCC(C)CCCCCCCCCCCCC(=O)O[C@H](COC(=O)CCCCCCCCCC(C)C)COP(=O)(O)OCC(O)COP(=O)(O)OC[C@@H](COC(=O)CCCCCCCCC(C)CC)OC(=O)CCCCCCCCCCCCC(C)C. The minimum atomic E-state index is -4.95. The van der Waals surface area contributed by atoms with Crippen molar-refractivity contribution >= 4 is 39.5 Å². The lowest BCUT2D eigenvalue weighted by atomic mass is 9.99. The van der Waals surface area contributed by atoms with Gasteiger partial charge in [-0.3, -0.25) is 37.3 Å². The molecule has 0 fully saturated rings. The minimum absolute atomic E-state index is 0.104. The molecule has 0 aromatic rings. The van der Waals surface area contributed by atoms with Gasteiger partial charge in [0.25, 0.3) is 0 Å². The number of carbonyl (C=O) groups is 4. The molecule has 0 aliphatic heterocycles. The van der Waals surface area contributed by atoms with Crippen molar-refractivity contribution in [2.75, 3.05) is 39.6 Å². The second-order valence-electron chi connectivity index (χ2n) is 26.0. The number of hydrogen-bond acceptors (Lipinski definition) is 15. The van der Waals surface area contributed by atoms with Gasteiger partial charge in [0.1, 0.15) is 19.3 Å². The summed E-state index contributed by atoms with van der Waals surface area (Å²) < 4.78 is 68.2. The fraction of sp³-hybridized carbons (Fsp3) is 0.941. The summed E-state index contributed by atoms with van der Waals surface area (Å²) in [6.07, 6.45) is 38.9. The number of phosphoric acid groups is 2. The molecule has 3 N–H and O–H groups in total. The van der Waals surface area contributed by atoms with Crippen LogP contribution in [-0.2, 0) is 65.4 Å². The molecule has 516 valence electrons. The van der Waals surface area contributed by atoms with E-state index in [1.54, 1.807) is 0 Å². The van der Waals surface area contributed by atoms with Crippen LogP contribution in [0.15, 0.2) is 0 Å². The van der Waals surface area contributed by atoms with E-state index >= 15 is 0 Å². The molecule has 19 heteroatoms. The number of carbonyl (C=O) groups excluding carboxylic acids is 4. The Labute approximate surface area is 530 Å². The minimum Gasteiger partial charge on any atom is -0.462 e. The molecule has 87 heavy (non-hydrogen) atoms. The van der Waals surface area contributed by atoms with Crippen LogP contribution in [-0.4, -0.2) is 96.7 Å². The lowest BCUT2D eigenvalue weighted by Crippen LogP contribution is -2.30. The Balaban J connectivity index is 5.26. The molecule has 0 aromatic heterocycles. The van der Waals surface area contributed by atoms with Crippen molar-refractivity contribution < 1.29 is 80.2 Å². The van der Waals surface area contributed by atoms with Gasteiger partial charge >= 0.3 is 39.5 Å². The fourth-order valence-corrected chi connectivity index (χ4v) is 11.7. The van der Waals surface area contributed by atoms with Crippen molar-refractivity contribution in [3.8, 4) is 0 Å². The third-order valence-corrected chi connectivity index (χ3v) is 18.2. The first-order chi connectivity index (χ1) is 41.7. The third-order valence-electron chi connectivity index (χ3n) is 16.3. The van der Waals surface area contributed by atoms with Gasteiger partial charge in [-0.15, -0.1) is 0 Å². The van der Waals surface area contributed by atoms with E-state index in [1.807, 2.05) is 0 Å². The van der Waals surface area contributed by atoms with Crippen molar-refractivity contribution in [2.24, 2.45) is 23.7 Å². The Morgan fingerprint density at radius 2 is 0.552 bits per heavy atom. The molecule has 0 spiro atoms. The van der Waals surface area contributed by atoms with Gasteiger partial charge in [-0.05, 0) is 49.4 Å². The van der Waals surface area contributed by atoms with E-state index in [4.69, 9.17) is 37.0 Å². The Hall–Kier alpha value is -1.94. The molecular weight excluding hydrogens is 1150 g/mol. The van der Waals surface area contributed by atoms with Gasteiger partial charge in [-0.25, -0.2) is 9.13 Å². The van der Waals surface area contributed by atoms with Crippen LogP contribution in [0.1, 0.15) is 331 Å². The molecule has 17 nitrogen and oxygen atoms in total. The predicted octanol–water partition coefficient (Wildman–Crippen LogP) is 18.9. The van der Waals surface area contributed by atoms with Gasteiger partial charge in [0.05, 0.1) is 26.4 Å². The van der Waals surface area contributed by atoms with Gasteiger partial charge in [-0.1, -0.05) is 280 Å². The molecule has 0 saturated carbocycles. The number of unbranched alkanes of at least 4 members (excludes halogenated alkanes) is 29. The third kappa shape index (κ3) is 60.1. The van der Waals surface area contributed by atoms with Crippen LogP contribution in [0.25, 0.3) is 0 Å². The van der Waals surface area contributed by atoms with Gasteiger partial charge in [-0.2, -0.15) is 0 Å². The first kappa shape index (κ1) is 85.1. The maximum absolute atomic E-state index is 13.0. The van der Waals surface area contributed by atoms with Gasteiger partial charge in [0, 0.05) is 25.7 Å². The van der Waals surface area contributed by atoms with Crippen molar-refractivity contribution in [3.05, 3.63) is 0 Å². The van der Waals surface area contributed by atoms with Crippen LogP contribution in [0.4, 0.5) is 0 Å². The Morgan fingerprint density at radius 3 is 0.816 bits per heavy atom. The molecule has 0 bridgehead atoms. The Morgan fingerprint density at radius 1 is 0.322 bits per heavy atom. The summed E-state index contributed by atoms with van der Waals surface area (Å²) in [6.45, 7) is 14.0. The first-order valence-corrected chi connectivity index (χ1v) is 38.3. The zero-order valence-corrected chi connectivity index (χ0v) is 58.4. The van der Waals surface area contributed by atoms with Crippen LogP contribution in [0.3, 0.4) is 0 Å². The largest absolute Gasteiger partial charge is 0.472 e. The van der Waals surface area contributed by atoms with Crippen LogP contribution in [0, 0.1) is 23.7 Å². The van der Waals surface area contributed by atoms with Crippen LogP contribution in [0.2, 0.25) is 0 Å². The fourth-order valence-electron chi connectivity index (χ4n) is 10.1. The maximum atomic E-state index is 13.0. The molecule has 0 radical (unpaired) electrons. The summed E-state index contributed by atoms with van der Waals surface area (Å²) >= 11 is 0. The van der Waals surface area contributed by atoms with Crippen molar-refractivity contribution in [1.29, 1.82) is 0 Å². The second-order valence-corrected chi connectivity index (χ2v) is 28.9. The van der Waals surface area contributed by atoms with Crippen molar-refractivity contribution in [2.45, 2.75) is 350 Å². The quantitative estimate of drug-likeness (QED) is 0.0222. The summed E-state index contributed by atoms with van der Waals surface area (Å²) in [7, 11) is -9.90. The monoisotopic (exact) mass is 1280 g/mol. The molecule has 0 saturated heterocycles. The summed E-state index contributed by atoms with van der Waals surface area (Å²) in [4.78, 5) is 72.4. The predicted molar refractivity (Wildman–Crippen MR) is 349 cm³/mol. The highest BCUT2D eigenvalue weighted by Gasteiger charge is 2.30. The molecule has 0 amide bonds. The van der Waals surface area contributed by atoms with E-state index in [0.717, 1.165) is 120 Å². The van der Waals surface area contributed by atoms with E-state index in [9.17, 15) is 43.2 Å². The van der Waals surface area contributed by atoms with E-state index in [2.05, 4.69) is 55.4 Å². The molecule has 0 rings (SSSR count). The van der Waals surface area contributed by atoms with Gasteiger partial charge < -0.3 is 33.8 Å². The molecule has 5 unspecified atom stereocenters. The lowest BCUT2D eigenvalue weighted by Gasteiger charge is -2.21. The van der Waals surface area contributed by atoms with E-state index in [0.29, 0.717) is 31.6 Å². The number of hydrogen-bond donors (Lipinski definition) is 3. The van der Waals surface area contributed by atoms with E-state index in [-0.39, 0.29) is 25.7 Å². The molecule has 0 aliphatic rings. The molecule has 0 aromatic carbocycles. The van der Waals surface area contributed by atoms with Crippen LogP contribution >= 0.6 is 15.6 Å². The van der Waals surface area contributed by atoms with Crippen molar-refractivity contribution in [1.82, 2.24) is 0 Å². The highest BCUT2D eigenvalue weighted by molar-refractivity contribution is 7.47. The molecule has 0 heterocycles. The van der Waals surface area contributed by atoms with Gasteiger partial charge in [0.2, 0.25) is 0 Å².